The minimum atomic E-state index is -0.500. The van der Waals surface area contributed by atoms with Crippen LogP contribution in [0.15, 0.2) is 42.5 Å². The summed E-state index contributed by atoms with van der Waals surface area (Å²) in [6, 6.07) is 11.8. The lowest BCUT2D eigenvalue weighted by molar-refractivity contribution is -0.134. The van der Waals surface area contributed by atoms with Gasteiger partial charge in [-0.05, 0) is 48.7 Å². The number of likely N-dealkylation sites (tertiary alicyclic amines) is 1. The van der Waals surface area contributed by atoms with Crippen molar-refractivity contribution in [3.8, 4) is 5.75 Å². The Bertz CT molecular complexity index is 888. The molecule has 2 amide bonds. The molecule has 148 valence electrons. The largest absolute Gasteiger partial charge is 0.496 e. The molecule has 0 unspecified atom stereocenters. The van der Waals surface area contributed by atoms with Crippen molar-refractivity contribution in [3.05, 3.63) is 63.6 Å². The van der Waals surface area contributed by atoms with Crippen LogP contribution in [0.25, 0.3) is 0 Å². The summed E-state index contributed by atoms with van der Waals surface area (Å²) in [6.07, 6.45) is 1.41. The quantitative estimate of drug-likeness (QED) is 0.725. The molecule has 2 aromatic rings. The van der Waals surface area contributed by atoms with Crippen molar-refractivity contribution >= 4 is 35.0 Å². The molecule has 1 fully saturated rings. The molecule has 5 nitrogen and oxygen atoms in total. The van der Waals surface area contributed by atoms with Gasteiger partial charge in [0, 0.05) is 30.2 Å². The fourth-order valence-corrected chi connectivity index (χ4v) is 3.90. The molecule has 28 heavy (non-hydrogen) atoms. The highest BCUT2D eigenvalue weighted by Crippen LogP contribution is 2.28. The summed E-state index contributed by atoms with van der Waals surface area (Å²) in [6.45, 7) is 0.953. The standard InChI is InChI=1S/C21H22Cl2N2O3/c1-24(13-14-5-3-6-15(22)11-14)21(27)18-7-4-10-25(18)20(26)17-12-16(23)8-9-19(17)28-2/h3,5-6,8-9,11-12,18H,4,7,10,13H2,1-2H3/t18-/m1/s1. The highest BCUT2D eigenvalue weighted by Gasteiger charge is 2.37. The van der Waals surface area contributed by atoms with Crippen LogP contribution in [0.1, 0.15) is 28.8 Å². The molecule has 0 aliphatic carbocycles. The van der Waals surface area contributed by atoms with E-state index in [1.165, 1.54) is 7.11 Å². The number of likely N-dealkylation sites (N-methyl/N-ethyl adjacent to an activating group) is 1. The van der Waals surface area contributed by atoms with E-state index < -0.39 is 6.04 Å². The minimum absolute atomic E-state index is 0.0909. The van der Waals surface area contributed by atoms with Crippen LogP contribution < -0.4 is 4.74 Å². The number of benzene rings is 2. The SMILES string of the molecule is COc1ccc(Cl)cc1C(=O)N1CCC[C@@H]1C(=O)N(C)Cc1cccc(Cl)c1. The van der Waals surface area contributed by atoms with Crippen molar-refractivity contribution in [3.63, 3.8) is 0 Å². The second-order valence-electron chi connectivity index (χ2n) is 6.83. The van der Waals surface area contributed by atoms with Crippen LogP contribution in [0, 0.1) is 0 Å². The zero-order chi connectivity index (χ0) is 20.3. The molecule has 1 heterocycles. The first kappa shape index (κ1) is 20.5. The Balaban J connectivity index is 1.77. The van der Waals surface area contributed by atoms with E-state index in [1.54, 1.807) is 41.1 Å². The van der Waals surface area contributed by atoms with Crippen LogP contribution in [0.2, 0.25) is 10.0 Å². The average Bonchev–Trinajstić information content (AvgIpc) is 3.16. The number of hydrogen-bond donors (Lipinski definition) is 0. The van der Waals surface area contributed by atoms with E-state index in [9.17, 15) is 9.59 Å². The highest BCUT2D eigenvalue weighted by atomic mass is 35.5. The van der Waals surface area contributed by atoms with E-state index in [-0.39, 0.29) is 11.8 Å². The number of methoxy groups -OCH3 is 1. The van der Waals surface area contributed by atoms with Gasteiger partial charge in [0.05, 0.1) is 12.7 Å². The Morgan fingerprint density at radius 3 is 2.64 bits per heavy atom. The molecule has 1 saturated heterocycles. The number of carbonyl (C=O) groups excluding carboxylic acids is 2. The second kappa shape index (κ2) is 8.84. The van der Waals surface area contributed by atoms with E-state index in [2.05, 4.69) is 0 Å². The fraction of sp³-hybridized carbons (Fsp3) is 0.333. The normalized spacial score (nSPS) is 16.1. The first-order valence-corrected chi connectivity index (χ1v) is 9.80. The van der Waals surface area contributed by atoms with Crippen LogP contribution in [0.4, 0.5) is 0 Å². The van der Waals surface area contributed by atoms with Crippen LogP contribution in [-0.2, 0) is 11.3 Å². The summed E-state index contributed by atoms with van der Waals surface area (Å²) >= 11 is 12.1. The number of nitrogens with zero attached hydrogens (tertiary/aromatic N) is 2. The molecule has 0 saturated carbocycles. The van der Waals surface area contributed by atoms with Crippen LogP contribution in [0.5, 0.6) is 5.75 Å². The van der Waals surface area contributed by atoms with E-state index in [0.29, 0.717) is 40.9 Å². The van der Waals surface area contributed by atoms with Gasteiger partial charge in [-0.15, -0.1) is 0 Å². The first-order valence-electron chi connectivity index (χ1n) is 9.04. The monoisotopic (exact) mass is 420 g/mol. The molecule has 3 rings (SSSR count). The molecular formula is C21H22Cl2N2O3. The molecule has 2 aromatic carbocycles. The van der Waals surface area contributed by atoms with Gasteiger partial charge in [0.15, 0.2) is 0 Å². The van der Waals surface area contributed by atoms with Gasteiger partial charge in [-0.3, -0.25) is 9.59 Å². The summed E-state index contributed by atoms with van der Waals surface area (Å²) in [7, 11) is 3.25. The number of amides is 2. The predicted molar refractivity (Wildman–Crippen MR) is 110 cm³/mol. The molecule has 0 aromatic heterocycles. The average molecular weight is 421 g/mol. The molecule has 0 spiro atoms. The van der Waals surface area contributed by atoms with Gasteiger partial charge in [0.25, 0.3) is 5.91 Å². The summed E-state index contributed by atoms with van der Waals surface area (Å²) in [5, 5.41) is 1.08. The Hall–Kier alpha value is -2.24. The summed E-state index contributed by atoms with van der Waals surface area (Å²) in [5.41, 5.74) is 1.31. The molecule has 0 bridgehead atoms. The summed E-state index contributed by atoms with van der Waals surface area (Å²) < 4.78 is 5.30. The van der Waals surface area contributed by atoms with Crippen molar-refractivity contribution < 1.29 is 14.3 Å². The fourth-order valence-electron chi connectivity index (χ4n) is 3.51. The Kier molecular flexibility index (Phi) is 6.47. The van der Waals surface area contributed by atoms with Gasteiger partial charge in [-0.2, -0.15) is 0 Å². The molecule has 0 radical (unpaired) electrons. The maximum Gasteiger partial charge on any atom is 0.258 e. The molecule has 7 heteroatoms. The molecular weight excluding hydrogens is 399 g/mol. The molecule has 0 N–H and O–H groups in total. The second-order valence-corrected chi connectivity index (χ2v) is 7.70. The lowest BCUT2D eigenvalue weighted by atomic mass is 10.1. The van der Waals surface area contributed by atoms with E-state index >= 15 is 0 Å². The maximum absolute atomic E-state index is 13.1. The lowest BCUT2D eigenvalue weighted by Gasteiger charge is -2.28. The topological polar surface area (TPSA) is 49.9 Å². The first-order chi connectivity index (χ1) is 13.4. The molecule has 1 atom stereocenters. The lowest BCUT2D eigenvalue weighted by Crippen LogP contribution is -2.46. The predicted octanol–water partition coefficient (Wildman–Crippen LogP) is 4.27. The summed E-state index contributed by atoms with van der Waals surface area (Å²) in [5.74, 6) is 0.109. The van der Waals surface area contributed by atoms with E-state index in [4.69, 9.17) is 27.9 Å². The molecule has 1 aliphatic rings. The number of hydrogen-bond acceptors (Lipinski definition) is 3. The van der Waals surface area contributed by atoms with Crippen molar-refractivity contribution in [1.29, 1.82) is 0 Å². The smallest absolute Gasteiger partial charge is 0.258 e. The van der Waals surface area contributed by atoms with Gasteiger partial charge in [-0.1, -0.05) is 35.3 Å². The minimum Gasteiger partial charge on any atom is -0.496 e. The zero-order valence-electron chi connectivity index (χ0n) is 15.8. The third kappa shape index (κ3) is 4.42. The third-order valence-corrected chi connectivity index (χ3v) is 5.35. The van der Waals surface area contributed by atoms with Crippen molar-refractivity contribution in [2.45, 2.75) is 25.4 Å². The Morgan fingerprint density at radius 1 is 1.18 bits per heavy atom. The number of halogens is 2. The molecule has 1 aliphatic heterocycles. The van der Waals surface area contributed by atoms with Gasteiger partial charge in [0.2, 0.25) is 5.91 Å². The van der Waals surface area contributed by atoms with Gasteiger partial charge < -0.3 is 14.5 Å². The van der Waals surface area contributed by atoms with Crippen LogP contribution in [-0.4, -0.2) is 48.4 Å². The van der Waals surface area contributed by atoms with Crippen LogP contribution >= 0.6 is 23.2 Å². The third-order valence-electron chi connectivity index (χ3n) is 4.88. The Morgan fingerprint density at radius 2 is 1.93 bits per heavy atom. The maximum atomic E-state index is 13.1. The van der Waals surface area contributed by atoms with Crippen LogP contribution in [0.3, 0.4) is 0 Å². The van der Waals surface area contributed by atoms with Gasteiger partial charge in [0.1, 0.15) is 11.8 Å². The van der Waals surface area contributed by atoms with Crippen molar-refractivity contribution in [1.82, 2.24) is 9.80 Å². The number of carbonyl (C=O) groups is 2. The zero-order valence-corrected chi connectivity index (χ0v) is 17.3. The van der Waals surface area contributed by atoms with Gasteiger partial charge >= 0.3 is 0 Å². The van der Waals surface area contributed by atoms with Gasteiger partial charge in [-0.25, -0.2) is 0 Å². The van der Waals surface area contributed by atoms with E-state index in [0.717, 1.165) is 12.0 Å². The highest BCUT2D eigenvalue weighted by molar-refractivity contribution is 6.31. The number of ether oxygens (including phenoxy) is 1. The Labute approximate surface area is 174 Å². The van der Waals surface area contributed by atoms with Crippen molar-refractivity contribution in [2.75, 3.05) is 20.7 Å². The van der Waals surface area contributed by atoms with E-state index in [1.807, 2.05) is 18.2 Å². The summed E-state index contributed by atoms with van der Waals surface area (Å²) in [4.78, 5) is 29.4. The van der Waals surface area contributed by atoms with Crippen molar-refractivity contribution in [2.24, 2.45) is 0 Å². The number of rotatable bonds is 5.